The van der Waals surface area contributed by atoms with E-state index in [1.807, 2.05) is 52.1 Å². The van der Waals surface area contributed by atoms with Crippen molar-refractivity contribution in [3.05, 3.63) is 29.4 Å². The summed E-state index contributed by atoms with van der Waals surface area (Å²) in [5.41, 5.74) is 1.27. The molecular weight excluding hydrogens is 260 g/mol. The Morgan fingerprint density at radius 2 is 1.74 bits per heavy atom. The molecule has 3 nitrogen and oxygen atoms in total. The lowest BCUT2D eigenvalue weighted by Gasteiger charge is -2.32. The molecule has 5 heteroatoms. The van der Waals surface area contributed by atoms with Crippen molar-refractivity contribution >= 4 is 35.1 Å². The number of rotatable bonds is 1. The van der Waals surface area contributed by atoms with Gasteiger partial charge in [0.05, 0.1) is 11.2 Å². The Hall–Kier alpha value is -0.965. The highest BCUT2D eigenvalue weighted by atomic mass is 35.5. The highest BCUT2D eigenvalue weighted by molar-refractivity contribution is 6.65. The normalized spacial score (nSPS) is 21.2. The summed E-state index contributed by atoms with van der Waals surface area (Å²) >= 11 is 6.18. The molecule has 0 spiro atoms. The van der Waals surface area contributed by atoms with E-state index < -0.39 is 7.12 Å². The molecule has 0 bridgehead atoms. The number of H-pyrrole nitrogens is 1. The summed E-state index contributed by atoms with van der Waals surface area (Å²) in [7, 11) is -0.398. The largest absolute Gasteiger partial charge is 0.497 e. The van der Waals surface area contributed by atoms with E-state index in [-0.39, 0.29) is 11.2 Å². The first-order valence-corrected chi connectivity index (χ1v) is 6.80. The topological polar surface area (TPSA) is 34.2 Å². The standard InChI is InChI=1S/C14H17BClNO2/c1-13(2)14(3,4)19-15(18-13)11-8-10(16)7-9-5-6-17-12(9)11/h5-8,17H,1-4H3. The van der Waals surface area contributed by atoms with E-state index in [1.54, 1.807) is 0 Å². The van der Waals surface area contributed by atoms with E-state index in [0.29, 0.717) is 5.02 Å². The molecule has 100 valence electrons. The highest BCUT2D eigenvalue weighted by Gasteiger charge is 2.52. The van der Waals surface area contributed by atoms with Crippen LogP contribution in [-0.4, -0.2) is 23.3 Å². The molecule has 0 amide bonds. The maximum absolute atomic E-state index is 6.18. The summed E-state index contributed by atoms with van der Waals surface area (Å²) in [6.07, 6.45) is 1.90. The van der Waals surface area contributed by atoms with Crippen molar-refractivity contribution in [3.8, 4) is 0 Å². The lowest BCUT2D eigenvalue weighted by Crippen LogP contribution is -2.41. The fourth-order valence-corrected chi connectivity index (χ4v) is 2.55. The predicted molar refractivity (Wildman–Crippen MR) is 79.0 cm³/mol. The second-order valence-electron chi connectivity index (χ2n) is 6.03. The molecule has 0 saturated carbocycles. The van der Waals surface area contributed by atoms with Crippen LogP contribution in [-0.2, 0) is 9.31 Å². The zero-order valence-corrected chi connectivity index (χ0v) is 12.3. The van der Waals surface area contributed by atoms with E-state index >= 15 is 0 Å². The van der Waals surface area contributed by atoms with Crippen molar-refractivity contribution in [3.63, 3.8) is 0 Å². The molecule has 2 aromatic rings. The van der Waals surface area contributed by atoms with Crippen LogP contribution in [0.25, 0.3) is 10.9 Å². The first-order chi connectivity index (χ1) is 8.80. The SMILES string of the molecule is CC1(C)OB(c2cc(Cl)cc3cc[nH]c23)OC1(C)C. The average molecular weight is 278 g/mol. The van der Waals surface area contributed by atoms with Crippen molar-refractivity contribution in [2.24, 2.45) is 0 Å². The lowest BCUT2D eigenvalue weighted by molar-refractivity contribution is 0.00578. The van der Waals surface area contributed by atoms with Gasteiger partial charge in [-0.15, -0.1) is 0 Å². The van der Waals surface area contributed by atoms with Crippen LogP contribution in [0.2, 0.25) is 5.02 Å². The summed E-state index contributed by atoms with van der Waals surface area (Å²) in [5.74, 6) is 0. The number of hydrogen-bond donors (Lipinski definition) is 1. The fourth-order valence-electron chi connectivity index (χ4n) is 2.32. The van der Waals surface area contributed by atoms with Gasteiger partial charge in [-0.1, -0.05) is 11.6 Å². The van der Waals surface area contributed by atoms with Gasteiger partial charge in [-0.05, 0) is 45.9 Å². The van der Waals surface area contributed by atoms with Crippen molar-refractivity contribution in [2.45, 2.75) is 38.9 Å². The Morgan fingerprint density at radius 3 is 2.37 bits per heavy atom. The first kappa shape index (κ1) is 13.0. The van der Waals surface area contributed by atoms with Gasteiger partial charge in [-0.3, -0.25) is 0 Å². The van der Waals surface area contributed by atoms with E-state index in [9.17, 15) is 0 Å². The smallest absolute Gasteiger partial charge is 0.399 e. The molecule has 0 aliphatic carbocycles. The third kappa shape index (κ3) is 1.99. The van der Waals surface area contributed by atoms with Gasteiger partial charge >= 0.3 is 7.12 Å². The molecule has 1 saturated heterocycles. The van der Waals surface area contributed by atoms with Gasteiger partial charge in [0.2, 0.25) is 0 Å². The summed E-state index contributed by atoms with van der Waals surface area (Å²) in [6.45, 7) is 8.18. The third-order valence-electron chi connectivity index (χ3n) is 4.16. The molecule has 1 fully saturated rings. The maximum Gasteiger partial charge on any atom is 0.497 e. The van der Waals surface area contributed by atoms with Crippen LogP contribution in [0, 0.1) is 0 Å². The molecule has 0 atom stereocenters. The van der Waals surface area contributed by atoms with E-state index in [1.165, 1.54) is 0 Å². The van der Waals surface area contributed by atoms with Crippen LogP contribution < -0.4 is 5.46 Å². The van der Waals surface area contributed by atoms with E-state index in [0.717, 1.165) is 16.4 Å². The van der Waals surface area contributed by atoms with Crippen LogP contribution in [0.15, 0.2) is 24.4 Å². The van der Waals surface area contributed by atoms with Crippen molar-refractivity contribution in [1.29, 1.82) is 0 Å². The molecule has 1 aromatic heterocycles. The van der Waals surface area contributed by atoms with Crippen LogP contribution in [0.3, 0.4) is 0 Å². The van der Waals surface area contributed by atoms with Gasteiger partial charge < -0.3 is 14.3 Å². The van der Waals surface area contributed by atoms with E-state index in [2.05, 4.69) is 4.98 Å². The Kier molecular flexibility index (Phi) is 2.75. The molecule has 1 N–H and O–H groups in total. The van der Waals surface area contributed by atoms with Crippen LogP contribution in [0.5, 0.6) is 0 Å². The minimum atomic E-state index is -0.398. The summed E-state index contributed by atoms with van der Waals surface area (Å²) in [5, 5.41) is 1.76. The lowest BCUT2D eigenvalue weighted by atomic mass is 9.78. The molecule has 3 rings (SSSR count). The Balaban J connectivity index is 2.09. The summed E-state index contributed by atoms with van der Waals surface area (Å²) in [6, 6.07) is 5.83. The highest BCUT2D eigenvalue weighted by Crippen LogP contribution is 2.37. The maximum atomic E-state index is 6.18. The Bertz CT molecular complexity index is 619. The van der Waals surface area contributed by atoms with Crippen molar-refractivity contribution in [2.75, 3.05) is 0 Å². The van der Waals surface area contributed by atoms with Gasteiger partial charge in [-0.2, -0.15) is 0 Å². The number of fused-ring (bicyclic) bond motifs is 1. The summed E-state index contributed by atoms with van der Waals surface area (Å²) < 4.78 is 12.2. The quantitative estimate of drug-likeness (QED) is 0.813. The first-order valence-electron chi connectivity index (χ1n) is 6.42. The molecule has 1 aliphatic rings. The van der Waals surface area contributed by atoms with Gasteiger partial charge in [0.25, 0.3) is 0 Å². The molecule has 19 heavy (non-hydrogen) atoms. The van der Waals surface area contributed by atoms with Crippen molar-refractivity contribution < 1.29 is 9.31 Å². The second kappa shape index (κ2) is 4.01. The van der Waals surface area contributed by atoms with E-state index in [4.69, 9.17) is 20.9 Å². The second-order valence-corrected chi connectivity index (χ2v) is 6.46. The number of nitrogens with one attached hydrogen (secondary N) is 1. The van der Waals surface area contributed by atoms with Gasteiger partial charge in [0.15, 0.2) is 0 Å². The van der Waals surface area contributed by atoms with Crippen molar-refractivity contribution in [1.82, 2.24) is 4.98 Å². The molecule has 2 heterocycles. The minimum Gasteiger partial charge on any atom is -0.399 e. The van der Waals surface area contributed by atoms with Gasteiger partial charge in [-0.25, -0.2) is 0 Å². The number of hydrogen-bond acceptors (Lipinski definition) is 2. The Morgan fingerprint density at radius 1 is 1.11 bits per heavy atom. The number of aromatic amines is 1. The molecule has 1 aromatic carbocycles. The van der Waals surface area contributed by atoms with Gasteiger partial charge in [0, 0.05) is 27.6 Å². The number of benzene rings is 1. The molecule has 0 unspecified atom stereocenters. The molecule has 0 radical (unpaired) electrons. The number of aromatic nitrogens is 1. The van der Waals surface area contributed by atoms with Crippen LogP contribution >= 0.6 is 11.6 Å². The van der Waals surface area contributed by atoms with Crippen LogP contribution in [0.1, 0.15) is 27.7 Å². The monoisotopic (exact) mass is 277 g/mol. The van der Waals surface area contributed by atoms with Crippen LogP contribution in [0.4, 0.5) is 0 Å². The Labute approximate surface area is 118 Å². The molecule has 1 aliphatic heterocycles. The zero-order valence-electron chi connectivity index (χ0n) is 11.6. The van der Waals surface area contributed by atoms with Gasteiger partial charge in [0.1, 0.15) is 0 Å². The third-order valence-corrected chi connectivity index (χ3v) is 4.38. The average Bonchev–Trinajstić information content (AvgIpc) is 2.80. The number of halogens is 1. The molecular formula is C14H17BClNO2. The zero-order chi connectivity index (χ0) is 13.8. The predicted octanol–water partition coefficient (Wildman–Crippen LogP) is 3.12. The summed E-state index contributed by atoms with van der Waals surface area (Å²) in [4.78, 5) is 3.23. The fraction of sp³-hybridized carbons (Fsp3) is 0.429. The minimum absolute atomic E-state index is 0.348.